The predicted molar refractivity (Wildman–Crippen MR) is 234 cm³/mol. The van der Waals surface area contributed by atoms with Gasteiger partial charge >= 0.3 is 5.97 Å². The van der Waals surface area contributed by atoms with Gasteiger partial charge in [0.1, 0.15) is 47.3 Å². The highest BCUT2D eigenvalue weighted by Crippen LogP contribution is 2.29. The molecule has 1 aromatic rings. The van der Waals surface area contributed by atoms with Crippen LogP contribution in [0.2, 0.25) is 0 Å². The van der Waals surface area contributed by atoms with Gasteiger partial charge in [-0.15, -0.1) is 0 Å². The summed E-state index contributed by atoms with van der Waals surface area (Å²) in [6.07, 6.45) is 0.765. The summed E-state index contributed by atoms with van der Waals surface area (Å²) in [6, 6.07) is -1.28. The zero-order chi connectivity index (χ0) is 48.3. The SMILES string of the molecule is CC(C)C[C@@H]1NC(=O)[C@H](CCCC(=O)O)NC(=O)CS(=O)C[C@@H](C(N)=O)NC(=O)CCCCNC(=O)[C@H](CC(N)=O)NC(=O)C2(CCCCC2)NC(=O)[C@H](Cc2ccc(O)cc2)NC1=O. The van der Waals surface area contributed by atoms with Crippen LogP contribution >= 0.6 is 0 Å². The van der Waals surface area contributed by atoms with Crippen molar-refractivity contribution in [2.75, 3.05) is 18.1 Å². The van der Waals surface area contributed by atoms with E-state index < -0.39 is 124 Å². The number of carboxylic acid groups (broad SMARTS) is 1. The van der Waals surface area contributed by atoms with E-state index in [1.165, 1.54) is 24.3 Å². The van der Waals surface area contributed by atoms with E-state index >= 15 is 0 Å². The molecule has 0 aromatic heterocycles. The molecule has 1 spiro atoms. The molecule has 1 aromatic carbocycles. The average molecular weight is 934 g/mol. The average Bonchev–Trinajstić information content (AvgIpc) is 3.22. The number of amides is 9. The highest BCUT2D eigenvalue weighted by molar-refractivity contribution is 7.85. The Hall–Kier alpha value is -6.13. The summed E-state index contributed by atoms with van der Waals surface area (Å²) >= 11 is 0. The number of carbonyl (C=O) groups is 10. The molecule has 9 amide bonds. The fraction of sp³-hybridized carbons (Fsp3) is 0.619. The van der Waals surface area contributed by atoms with Crippen molar-refractivity contribution in [2.24, 2.45) is 17.4 Å². The van der Waals surface area contributed by atoms with Crippen LogP contribution < -0.4 is 48.7 Å². The minimum absolute atomic E-state index is 0.0113. The lowest BCUT2D eigenvalue weighted by molar-refractivity contribution is -0.139. The minimum Gasteiger partial charge on any atom is -0.508 e. The second-order valence-electron chi connectivity index (χ2n) is 16.9. The van der Waals surface area contributed by atoms with E-state index in [4.69, 9.17) is 11.5 Å². The number of phenols is 1. The van der Waals surface area contributed by atoms with Crippen molar-refractivity contribution < 1.29 is 62.4 Å². The largest absolute Gasteiger partial charge is 0.508 e. The Kier molecular flexibility index (Phi) is 21.3. The molecule has 360 valence electrons. The van der Waals surface area contributed by atoms with Gasteiger partial charge in [0.05, 0.1) is 12.2 Å². The third-order valence-corrected chi connectivity index (χ3v) is 12.2. The lowest BCUT2D eigenvalue weighted by Gasteiger charge is -2.38. The normalized spacial score (nSPS) is 25.1. The first kappa shape index (κ1) is 53.2. The summed E-state index contributed by atoms with van der Waals surface area (Å²) in [5.74, 6) is -10.4. The van der Waals surface area contributed by atoms with Gasteiger partial charge in [-0.2, -0.15) is 0 Å². The first-order valence-corrected chi connectivity index (χ1v) is 23.2. The number of hydrogen-bond acceptors (Lipinski definition) is 12. The summed E-state index contributed by atoms with van der Waals surface area (Å²) in [5.41, 5.74) is 9.79. The molecule has 0 bridgehead atoms. The van der Waals surface area contributed by atoms with Gasteiger partial charge in [0, 0.05) is 36.6 Å². The van der Waals surface area contributed by atoms with Crippen LogP contribution in [0.4, 0.5) is 0 Å². The summed E-state index contributed by atoms with van der Waals surface area (Å²) < 4.78 is 13.1. The zero-order valence-corrected chi connectivity index (χ0v) is 37.6. The molecule has 0 radical (unpaired) electrons. The molecule has 65 heavy (non-hydrogen) atoms. The Morgan fingerprint density at radius 3 is 2.03 bits per heavy atom. The highest BCUT2D eigenvalue weighted by Gasteiger charge is 2.44. The Balaban J connectivity index is 2.07. The smallest absolute Gasteiger partial charge is 0.303 e. The van der Waals surface area contributed by atoms with Gasteiger partial charge in [-0.1, -0.05) is 45.2 Å². The fourth-order valence-electron chi connectivity index (χ4n) is 7.48. The number of benzene rings is 1. The zero-order valence-electron chi connectivity index (χ0n) is 36.7. The van der Waals surface area contributed by atoms with E-state index in [1.807, 2.05) is 0 Å². The Morgan fingerprint density at radius 2 is 1.42 bits per heavy atom. The first-order chi connectivity index (χ1) is 30.7. The molecule has 6 atom stereocenters. The summed E-state index contributed by atoms with van der Waals surface area (Å²) in [4.78, 5) is 132. The predicted octanol–water partition coefficient (Wildman–Crippen LogP) is -2.11. The Bertz CT molecular complexity index is 1920. The number of nitrogens with one attached hydrogen (secondary N) is 7. The van der Waals surface area contributed by atoms with Gasteiger partial charge in [-0.25, -0.2) is 0 Å². The molecule has 22 nitrogen and oxygen atoms in total. The quantitative estimate of drug-likeness (QED) is 0.113. The van der Waals surface area contributed by atoms with E-state index in [0.717, 1.165) is 6.42 Å². The maximum atomic E-state index is 14.5. The number of hydrogen-bond donors (Lipinski definition) is 11. The van der Waals surface area contributed by atoms with E-state index in [-0.39, 0.29) is 82.4 Å². The van der Waals surface area contributed by atoms with Crippen molar-refractivity contribution in [3.63, 3.8) is 0 Å². The third-order valence-electron chi connectivity index (χ3n) is 10.9. The molecule has 2 aliphatic rings. The second kappa shape index (κ2) is 26.0. The molecule has 23 heteroatoms. The molecular formula is C42H63N9O13S. The molecule has 3 rings (SSSR count). The van der Waals surface area contributed by atoms with Crippen LogP contribution in [0.1, 0.15) is 103 Å². The number of nitrogens with two attached hydrogens (primary N) is 2. The van der Waals surface area contributed by atoms with Gasteiger partial charge in [0.25, 0.3) is 0 Å². The van der Waals surface area contributed by atoms with Crippen molar-refractivity contribution >= 4 is 69.9 Å². The molecular weight excluding hydrogens is 871 g/mol. The van der Waals surface area contributed by atoms with Crippen LogP contribution in [0.25, 0.3) is 0 Å². The molecule has 2 fully saturated rings. The van der Waals surface area contributed by atoms with Crippen LogP contribution in [0.15, 0.2) is 24.3 Å². The topological polar surface area (TPSA) is 364 Å². The fourth-order valence-corrected chi connectivity index (χ4v) is 8.59. The monoisotopic (exact) mass is 933 g/mol. The number of primary amides is 2. The Labute approximate surface area is 379 Å². The van der Waals surface area contributed by atoms with Gasteiger partial charge in [-0.05, 0) is 68.6 Å². The van der Waals surface area contributed by atoms with Crippen LogP contribution in [-0.2, 0) is 65.2 Å². The van der Waals surface area contributed by atoms with Gasteiger partial charge in [-0.3, -0.25) is 52.2 Å². The van der Waals surface area contributed by atoms with Crippen molar-refractivity contribution in [1.82, 2.24) is 37.2 Å². The van der Waals surface area contributed by atoms with Crippen molar-refractivity contribution in [1.29, 1.82) is 0 Å². The number of aliphatic carboxylic acids is 1. The summed E-state index contributed by atoms with van der Waals surface area (Å²) in [6.45, 7) is 3.51. The summed E-state index contributed by atoms with van der Waals surface area (Å²) in [7, 11) is -2.12. The van der Waals surface area contributed by atoms with Gasteiger partial charge in [0.15, 0.2) is 0 Å². The number of phenolic OH excluding ortho intramolecular Hbond substituents is 1. The van der Waals surface area contributed by atoms with Crippen LogP contribution in [-0.4, -0.2) is 127 Å². The van der Waals surface area contributed by atoms with E-state index in [1.54, 1.807) is 13.8 Å². The number of carboxylic acids is 1. The number of carbonyl (C=O) groups excluding carboxylic acids is 9. The third kappa shape index (κ3) is 18.5. The molecule has 13 N–H and O–H groups in total. The van der Waals surface area contributed by atoms with Crippen molar-refractivity contribution in [3.8, 4) is 5.75 Å². The standard InChI is InChI=1S/C42H63N9O13S/c1-24(2)19-28-39(61)49-29(20-25-12-14-26(52)15-13-25)40(62)51-42(16-5-3-6-17-42)41(63)50-30(21-32(43)53)37(59)45-18-7-4-10-33(54)47-31(36(44)58)22-65(64)23-34(55)46-27(38(60)48-28)9-8-11-35(56)57/h12-15,24,27-31,52H,3-11,16-23H2,1-2H3,(H2,43,53)(H2,44,58)(H,45,59)(H,46,55)(H,47,54)(H,48,60)(H,49,61)(H,50,63)(H,51,62)(H,56,57)/t27-,28-,29-,30-,31-,65?/m0/s1. The lowest BCUT2D eigenvalue weighted by Crippen LogP contribution is -2.66. The van der Waals surface area contributed by atoms with E-state index in [9.17, 15) is 62.4 Å². The van der Waals surface area contributed by atoms with E-state index in [0.29, 0.717) is 18.4 Å². The van der Waals surface area contributed by atoms with Crippen LogP contribution in [0.5, 0.6) is 5.75 Å². The van der Waals surface area contributed by atoms with Crippen molar-refractivity contribution in [3.05, 3.63) is 29.8 Å². The first-order valence-electron chi connectivity index (χ1n) is 21.7. The number of rotatable bonds is 11. The molecule has 1 saturated heterocycles. The summed E-state index contributed by atoms with van der Waals surface area (Å²) in [5, 5.41) is 37.3. The molecule has 1 unspecified atom stereocenters. The molecule has 1 heterocycles. The van der Waals surface area contributed by atoms with Crippen molar-refractivity contribution in [2.45, 2.75) is 139 Å². The maximum absolute atomic E-state index is 14.5. The molecule has 1 aliphatic carbocycles. The van der Waals surface area contributed by atoms with Crippen LogP contribution in [0.3, 0.4) is 0 Å². The lowest BCUT2D eigenvalue weighted by atomic mass is 9.80. The minimum atomic E-state index is -2.12. The van der Waals surface area contributed by atoms with Crippen LogP contribution in [0, 0.1) is 5.92 Å². The van der Waals surface area contributed by atoms with Gasteiger partial charge in [0.2, 0.25) is 53.2 Å². The highest BCUT2D eigenvalue weighted by atomic mass is 32.2. The van der Waals surface area contributed by atoms with Gasteiger partial charge < -0.3 is 58.9 Å². The Morgan fingerprint density at radius 1 is 0.769 bits per heavy atom. The van der Waals surface area contributed by atoms with E-state index in [2.05, 4.69) is 37.2 Å². The molecule has 1 saturated carbocycles. The maximum Gasteiger partial charge on any atom is 0.303 e. The number of aromatic hydroxyl groups is 1. The second-order valence-corrected chi connectivity index (χ2v) is 18.4. The molecule has 1 aliphatic heterocycles.